The lowest BCUT2D eigenvalue weighted by atomic mass is 9.64. The number of halogens is 2. The molecule has 0 unspecified atom stereocenters. The zero-order chi connectivity index (χ0) is 19.4. The molecule has 4 nitrogen and oxygen atoms in total. The second-order valence-electron chi connectivity index (χ2n) is 8.20. The summed E-state index contributed by atoms with van der Waals surface area (Å²) in [5.41, 5.74) is 3.28. The van der Waals surface area contributed by atoms with Gasteiger partial charge in [0.1, 0.15) is 0 Å². The van der Waals surface area contributed by atoms with Gasteiger partial charge in [0.05, 0.1) is 11.0 Å². The highest BCUT2D eigenvalue weighted by molar-refractivity contribution is 6.31. The van der Waals surface area contributed by atoms with Crippen LogP contribution in [0.3, 0.4) is 0 Å². The Balaban J connectivity index is 1.29. The van der Waals surface area contributed by atoms with E-state index in [0.717, 1.165) is 47.5 Å². The molecule has 6 heteroatoms. The number of imidazole rings is 1. The quantitative estimate of drug-likeness (QED) is 0.632. The maximum Gasteiger partial charge on any atom is 0.328 e. The van der Waals surface area contributed by atoms with E-state index in [-0.39, 0.29) is 5.69 Å². The van der Waals surface area contributed by atoms with Gasteiger partial charge in [-0.1, -0.05) is 35.3 Å². The van der Waals surface area contributed by atoms with Gasteiger partial charge in [-0.25, -0.2) is 4.79 Å². The molecule has 5 rings (SSSR count). The summed E-state index contributed by atoms with van der Waals surface area (Å²) < 4.78 is 3.56. The number of aryl methyl sites for hydroxylation is 1. The normalized spacial score (nSPS) is 24.5. The Morgan fingerprint density at radius 3 is 2.50 bits per heavy atom. The van der Waals surface area contributed by atoms with E-state index >= 15 is 0 Å². The van der Waals surface area contributed by atoms with Crippen LogP contribution in [-0.4, -0.2) is 33.7 Å². The standard InChI is InChI=1S/C22H23Cl2N3O/c1-25-20-7-6-17(24)11-21(20)27(22(25)28)9-8-26-12-15-10-18(19(15)13-26)14-2-4-16(23)5-3-14/h2-7,11,15,18-19H,8-10,12-13H2,1H3/t15-,18-,19+/m1/s1. The minimum absolute atomic E-state index is 0.0264. The van der Waals surface area contributed by atoms with Gasteiger partial charge in [-0.05, 0) is 60.1 Å². The SMILES string of the molecule is Cn1c(=O)n(CCN2C[C@H]3C[C@H](c4ccc(Cl)cc4)[C@H]3C2)c2cc(Cl)ccc21. The van der Waals surface area contributed by atoms with Gasteiger partial charge < -0.3 is 4.90 Å². The molecule has 3 atom stereocenters. The molecule has 1 saturated carbocycles. The first-order valence-corrected chi connectivity index (χ1v) is 10.6. The molecule has 0 radical (unpaired) electrons. The van der Waals surface area contributed by atoms with Gasteiger partial charge in [0.15, 0.2) is 0 Å². The van der Waals surface area contributed by atoms with E-state index in [0.29, 0.717) is 17.5 Å². The maximum absolute atomic E-state index is 12.7. The van der Waals surface area contributed by atoms with Crippen molar-refractivity contribution in [2.24, 2.45) is 18.9 Å². The van der Waals surface area contributed by atoms with Crippen molar-refractivity contribution in [3.8, 4) is 0 Å². The Bertz CT molecular complexity index is 1090. The predicted octanol–water partition coefficient (Wildman–Crippen LogP) is 4.38. The first-order valence-electron chi connectivity index (χ1n) is 9.84. The van der Waals surface area contributed by atoms with Crippen molar-refractivity contribution in [3.05, 3.63) is 68.6 Å². The first-order chi connectivity index (χ1) is 13.5. The molecule has 0 amide bonds. The fourth-order valence-corrected chi connectivity index (χ4v) is 5.41. The summed E-state index contributed by atoms with van der Waals surface area (Å²) in [6, 6.07) is 14.0. The Hall–Kier alpha value is -1.75. The highest BCUT2D eigenvalue weighted by Gasteiger charge is 2.47. The average Bonchev–Trinajstić information content (AvgIpc) is 3.10. The molecule has 3 aromatic rings. The fraction of sp³-hybridized carbons (Fsp3) is 0.409. The van der Waals surface area contributed by atoms with Crippen molar-refractivity contribution in [1.82, 2.24) is 14.0 Å². The minimum Gasteiger partial charge on any atom is -0.301 e. The first kappa shape index (κ1) is 18.3. The van der Waals surface area contributed by atoms with Gasteiger partial charge in [-0.3, -0.25) is 9.13 Å². The Morgan fingerprint density at radius 2 is 1.71 bits per heavy atom. The molecule has 1 aliphatic carbocycles. The van der Waals surface area contributed by atoms with Crippen molar-refractivity contribution in [3.63, 3.8) is 0 Å². The third-order valence-corrected chi connectivity index (χ3v) is 7.17. The van der Waals surface area contributed by atoms with E-state index in [1.165, 1.54) is 12.0 Å². The van der Waals surface area contributed by atoms with Gasteiger partial charge in [0.2, 0.25) is 0 Å². The Labute approximate surface area is 174 Å². The number of likely N-dealkylation sites (tertiary alicyclic amines) is 1. The molecule has 0 spiro atoms. The number of nitrogens with zero attached hydrogens (tertiary/aromatic N) is 3. The van der Waals surface area contributed by atoms with Gasteiger partial charge in [0, 0.05) is 43.3 Å². The average molecular weight is 416 g/mol. The molecule has 1 aromatic heterocycles. The van der Waals surface area contributed by atoms with Crippen LogP contribution in [-0.2, 0) is 13.6 Å². The van der Waals surface area contributed by atoms with Crippen LogP contribution in [0.25, 0.3) is 11.0 Å². The van der Waals surface area contributed by atoms with Crippen LogP contribution in [0.5, 0.6) is 0 Å². The number of benzene rings is 2. The monoisotopic (exact) mass is 415 g/mol. The van der Waals surface area contributed by atoms with E-state index in [2.05, 4.69) is 17.0 Å². The molecule has 2 aliphatic rings. The van der Waals surface area contributed by atoms with E-state index < -0.39 is 0 Å². The summed E-state index contributed by atoms with van der Waals surface area (Å²) in [6.07, 6.45) is 1.26. The molecule has 28 heavy (non-hydrogen) atoms. The minimum atomic E-state index is 0.0264. The zero-order valence-corrected chi connectivity index (χ0v) is 17.3. The van der Waals surface area contributed by atoms with Gasteiger partial charge in [-0.15, -0.1) is 0 Å². The number of hydrogen-bond acceptors (Lipinski definition) is 2. The largest absolute Gasteiger partial charge is 0.328 e. The van der Waals surface area contributed by atoms with Crippen molar-refractivity contribution >= 4 is 34.2 Å². The van der Waals surface area contributed by atoms with Crippen molar-refractivity contribution in [2.45, 2.75) is 18.9 Å². The highest BCUT2D eigenvalue weighted by atomic mass is 35.5. The molecule has 0 N–H and O–H groups in total. The highest BCUT2D eigenvalue weighted by Crippen LogP contribution is 2.51. The van der Waals surface area contributed by atoms with Crippen LogP contribution in [0.15, 0.2) is 47.3 Å². The topological polar surface area (TPSA) is 30.2 Å². The van der Waals surface area contributed by atoms with E-state index in [9.17, 15) is 4.79 Å². The lowest BCUT2D eigenvalue weighted by Crippen LogP contribution is -2.33. The molecule has 2 fully saturated rings. The van der Waals surface area contributed by atoms with Crippen LogP contribution < -0.4 is 5.69 Å². The summed E-state index contributed by atoms with van der Waals surface area (Å²) in [5, 5.41) is 1.46. The molecule has 146 valence electrons. The molecule has 1 aliphatic heterocycles. The summed E-state index contributed by atoms with van der Waals surface area (Å²) in [4.78, 5) is 15.2. The van der Waals surface area contributed by atoms with Crippen molar-refractivity contribution in [2.75, 3.05) is 19.6 Å². The number of aromatic nitrogens is 2. The summed E-state index contributed by atoms with van der Waals surface area (Å²) in [6.45, 7) is 3.83. The second kappa shape index (κ2) is 6.94. The number of fused-ring (bicyclic) bond motifs is 2. The molecular weight excluding hydrogens is 393 g/mol. The van der Waals surface area contributed by atoms with Gasteiger partial charge in [-0.2, -0.15) is 0 Å². The fourth-order valence-electron chi connectivity index (χ4n) is 5.12. The smallest absolute Gasteiger partial charge is 0.301 e. The van der Waals surface area contributed by atoms with E-state index in [1.807, 2.05) is 41.9 Å². The van der Waals surface area contributed by atoms with E-state index in [4.69, 9.17) is 23.2 Å². The second-order valence-corrected chi connectivity index (χ2v) is 9.08. The molecule has 1 saturated heterocycles. The Morgan fingerprint density at radius 1 is 0.964 bits per heavy atom. The van der Waals surface area contributed by atoms with Crippen molar-refractivity contribution in [1.29, 1.82) is 0 Å². The Kier molecular flexibility index (Phi) is 4.53. The third-order valence-electron chi connectivity index (χ3n) is 6.69. The number of rotatable bonds is 4. The number of hydrogen-bond donors (Lipinski definition) is 0. The van der Waals surface area contributed by atoms with E-state index in [1.54, 1.807) is 4.57 Å². The van der Waals surface area contributed by atoms with Crippen LogP contribution >= 0.6 is 23.2 Å². The van der Waals surface area contributed by atoms with Crippen molar-refractivity contribution < 1.29 is 0 Å². The third kappa shape index (κ3) is 2.99. The van der Waals surface area contributed by atoms with Gasteiger partial charge >= 0.3 is 5.69 Å². The van der Waals surface area contributed by atoms with Gasteiger partial charge in [0.25, 0.3) is 0 Å². The molecular formula is C22H23Cl2N3O. The lowest BCUT2D eigenvalue weighted by molar-refractivity contribution is 0.191. The zero-order valence-electron chi connectivity index (χ0n) is 15.8. The maximum atomic E-state index is 12.7. The predicted molar refractivity (Wildman–Crippen MR) is 114 cm³/mol. The van der Waals surface area contributed by atoms with Crippen LogP contribution in [0.4, 0.5) is 0 Å². The van der Waals surface area contributed by atoms with Crippen LogP contribution in [0.2, 0.25) is 10.0 Å². The van der Waals surface area contributed by atoms with Crippen LogP contribution in [0, 0.1) is 11.8 Å². The molecule has 2 heterocycles. The summed E-state index contributed by atoms with van der Waals surface area (Å²) in [7, 11) is 1.82. The molecule has 2 aromatic carbocycles. The van der Waals surface area contributed by atoms with Crippen LogP contribution in [0.1, 0.15) is 17.9 Å². The lowest BCUT2D eigenvalue weighted by Gasteiger charge is -2.40. The summed E-state index contributed by atoms with van der Waals surface area (Å²) >= 11 is 12.2. The summed E-state index contributed by atoms with van der Waals surface area (Å²) in [5.74, 6) is 2.14. The molecule has 0 bridgehead atoms.